The Balaban J connectivity index is 1.99. The fraction of sp³-hybridized carbons (Fsp3) is 0.625. The summed E-state index contributed by atoms with van der Waals surface area (Å²) in [6.07, 6.45) is 5.37. The molecule has 0 heterocycles. The van der Waals surface area contributed by atoms with Crippen molar-refractivity contribution < 1.29 is 0 Å². The molecule has 0 aliphatic heterocycles. The van der Waals surface area contributed by atoms with Crippen LogP contribution < -0.4 is 5.32 Å². The Labute approximate surface area is 119 Å². The van der Waals surface area contributed by atoms with E-state index in [1.807, 2.05) is 0 Å². The molecule has 0 bridgehead atoms. The Bertz CT molecular complexity index is 360. The lowest BCUT2D eigenvalue weighted by Gasteiger charge is -2.24. The van der Waals surface area contributed by atoms with Crippen molar-refractivity contribution in [1.29, 1.82) is 0 Å². The zero-order valence-electron chi connectivity index (χ0n) is 11.5. The molecule has 1 nitrogen and oxygen atoms in total. The van der Waals surface area contributed by atoms with Gasteiger partial charge < -0.3 is 5.32 Å². The highest BCUT2D eigenvalue weighted by molar-refractivity contribution is 9.10. The van der Waals surface area contributed by atoms with Crippen LogP contribution in [-0.4, -0.2) is 12.6 Å². The molecule has 3 unspecified atom stereocenters. The van der Waals surface area contributed by atoms with Crippen molar-refractivity contribution in [2.75, 3.05) is 6.54 Å². The molecular weight excluding hydrogens is 286 g/mol. The van der Waals surface area contributed by atoms with Gasteiger partial charge in [0.05, 0.1) is 0 Å². The molecule has 0 aromatic heterocycles. The van der Waals surface area contributed by atoms with E-state index in [0.717, 1.165) is 18.4 Å². The molecule has 1 aromatic rings. The van der Waals surface area contributed by atoms with Crippen molar-refractivity contribution in [2.24, 2.45) is 11.8 Å². The van der Waals surface area contributed by atoms with E-state index in [1.165, 1.54) is 35.7 Å². The third kappa shape index (κ3) is 3.83. The minimum absolute atomic E-state index is 0.654. The van der Waals surface area contributed by atoms with Crippen LogP contribution in [0.1, 0.15) is 38.7 Å². The molecule has 0 spiro atoms. The first-order chi connectivity index (χ1) is 8.69. The normalized spacial score (nSPS) is 25.3. The molecule has 100 valence electrons. The van der Waals surface area contributed by atoms with E-state index in [0.29, 0.717) is 6.04 Å². The summed E-state index contributed by atoms with van der Waals surface area (Å²) >= 11 is 3.50. The Hall–Kier alpha value is -0.340. The van der Waals surface area contributed by atoms with Gasteiger partial charge in [0.2, 0.25) is 0 Å². The quantitative estimate of drug-likeness (QED) is 0.849. The first kappa shape index (κ1) is 14.1. The average Bonchev–Trinajstić information content (AvgIpc) is 2.78. The lowest BCUT2D eigenvalue weighted by Crippen LogP contribution is -2.37. The van der Waals surface area contributed by atoms with E-state index < -0.39 is 0 Å². The average molecular weight is 310 g/mol. The Morgan fingerprint density at radius 3 is 2.56 bits per heavy atom. The van der Waals surface area contributed by atoms with Crippen LogP contribution >= 0.6 is 15.9 Å². The van der Waals surface area contributed by atoms with Crippen LogP contribution in [0.3, 0.4) is 0 Å². The van der Waals surface area contributed by atoms with Gasteiger partial charge in [-0.3, -0.25) is 0 Å². The van der Waals surface area contributed by atoms with Gasteiger partial charge in [0, 0.05) is 10.5 Å². The summed E-state index contributed by atoms with van der Waals surface area (Å²) < 4.78 is 1.17. The molecule has 1 aliphatic carbocycles. The Morgan fingerprint density at radius 1 is 1.28 bits per heavy atom. The van der Waals surface area contributed by atoms with Crippen LogP contribution in [0.15, 0.2) is 28.7 Å². The molecule has 2 heteroatoms. The predicted octanol–water partition coefficient (Wildman–Crippen LogP) is 4.41. The number of rotatable bonds is 5. The van der Waals surface area contributed by atoms with E-state index >= 15 is 0 Å². The topological polar surface area (TPSA) is 12.0 Å². The Morgan fingerprint density at radius 2 is 2.00 bits per heavy atom. The first-order valence-electron chi connectivity index (χ1n) is 7.17. The highest BCUT2D eigenvalue weighted by Crippen LogP contribution is 2.33. The monoisotopic (exact) mass is 309 g/mol. The second-order valence-corrected chi connectivity index (χ2v) is 6.59. The second kappa shape index (κ2) is 6.72. The van der Waals surface area contributed by atoms with Gasteiger partial charge in [0.25, 0.3) is 0 Å². The maximum Gasteiger partial charge on any atom is 0.0175 e. The van der Waals surface area contributed by atoms with Gasteiger partial charge in [-0.15, -0.1) is 0 Å². The summed E-state index contributed by atoms with van der Waals surface area (Å²) in [6.45, 7) is 5.68. The predicted molar refractivity (Wildman–Crippen MR) is 81.8 cm³/mol. The van der Waals surface area contributed by atoms with Crippen molar-refractivity contribution in [2.45, 2.75) is 45.6 Å². The fourth-order valence-corrected chi connectivity index (χ4v) is 3.42. The van der Waals surface area contributed by atoms with Gasteiger partial charge in [0.15, 0.2) is 0 Å². The number of benzene rings is 1. The zero-order valence-corrected chi connectivity index (χ0v) is 13.0. The summed E-state index contributed by atoms with van der Waals surface area (Å²) in [6, 6.07) is 9.44. The number of likely N-dealkylation sites (N-methyl/N-ethyl adjacent to an activating group) is 1. The van der Waals surface area contributed by atoms with E-state index in [-0.39, 0.29) is 0 Å². The first-order valence-corrected chi connectivity index (χ1v) is 7.96. The van der Waals surface area contributed by atoms with Crippen molar-refractivity contribution in [1.82, 2.24) is 5.32 Å². The molecule has 18 heavy (non-hydrogen) atoms. The van der Waals surface area contributed by atoms with Gasteiger partial charge >= 0.3 is 0 Å². The minimum Gasteiger partial charge on any atom is -0.314 e. The molecule has 0 amide bonds. The van der Waals surface area contributed by atoms with Gasteiger partial charge in [0.1, 0.15) is 0 Å². The van der Waals surface area contributed by atoms with Gasteiger partial charge in [-0.1, -0.05) is 48.3 Å². The van der Waals surface area contributed by atoms with E-state index in [4.69, 9.17) is 0 Å². The zero-order chi connectivity index (χ0) is 13.0. The lowest BCUT2D eigenvalue weighted by molar-refractivity contribution is 0.354. The van der Waals surface area contributed by atoms with Crippen LogP contribution in [0.25, 0.3) is 0 Å². The molecule has 3 atom stereocenters. The van der Waals surface area contributed by atoms with Crippen molar-refractivity contribution in [3.8, 4) is 0 Å². The van der Waals surface area contributed by atoms with E-state index in [9.17, 15) is 0 Å². The third-order valence-corrected chi connectivity index (χ3v) is 4.67. The molecule has 0 saturated heterocycles. The number of nitrogens with one attached hydrogen (secondary N) is 1. The van der Waals surface area contributed by atoms with Crippen LogP contribution in [0.4, 0.5) is 0 Å². The lowest BCUT2D eigenvalue weighted by atomic mass is 9.91. The summed E-state index contributed by atoms with van der Waals surface area (Å²) in [5.41, 5.74) is 1.45. The summed E-state index contributed by atoms with van der Waals surface area (Å²) in [7, 11) is 0. The molecular formula is C16H24BrN. The van der Waals surface area contributed by atoms with Gasteiger partial charge in [-0.05, 0) is 55.3 Å². The van der Waals surface area contributed by atoms with Crippen molar-refractivity contribution >= 4 is 15.9 Å². The highest BCUT2D eigenvalue weighted by atomic mass is 79.9. The Kier molecular flexibility index (Phi) is 5.25. The fourth-order valence-electron chi connectivity index (χ4n) is 3.16. The summed E-state index contributed by atoms with van der Waals surface area (Å²) in [4.78, 5) is 0. The van der Waals surface area contributed by atoms with Crippen LogP contribution in [0.5, 0.6) is 0 Å². The van der Waals surface area contributed by atoms with Crippen molar-refractivity contribution in [3.05, 3.63) is 34.3 Å². The SMILES string of the molecule is CCNC(Cc1ccc(Br)cc1)C1CCC(C)C1. The second-order valence-electron chi connectivity index (χ2n) is 5.67. The number of hydrogen-bond acceptors (Lipinski definition) is 1. The summed E-state index contributed by atoms with van der Waals surface area (Å²) in [5.74, 6) is 1.78. The molecule has 0 radical (unpaired) electrons. The molecule has 1 saturated carbocycles. The maximum atomic E-state index is 3.70. The smallest absolute Gasteiger partial charge is 0.0175 e. The summed E-state index contributed by atoms with van der Waals surface area (Å²) in [5, 5.41) is 3.70. The van der Waals surface area contributed by atoms with Gasteiger partial charge in [-0.2, -0.15) is 0 Å². The van der Waals surface area contributed by atoms with Crippen LogP contribution in [0, 0.1) is 11.8 Å². The minimum atomic E-state index is 0.654. The van der Waals surface area contributed by atoms with Crippen LogP contribution in [0.2, 0.25) is 0 Å². The standard InChI is InChI=1S/C16H24BrN/c1-3-18-16(14-7-4-12(2)10-14)11-13-5-8-15(17)9-6-13/h5-6,8-9,12,14,16,18H,3-4,7,10-11H2,1-2H3. The molecule has 1 fully saturated rings. The van der Waals surface area contributed by atoms with Crippen molar-refractivity contribution in [3.63, 3.8) is 0 Å². The third-order valence-electron chi connectivity index (χ3n) is 4.14. The number of hydrogen-bond donors (Lipinski definition) is 1. The number of halogens is 1. The highest BCUT2D eigenvalue weighted by Gasteiger charge is 2.28. The van der Waals surface area contributed by atoms with E-state index in [2.05, 4.69) is 59.4 Å². The molecule has 1 aromatic carbocycles. The largest absolute Gasteiger partial charge is 0.314 e. The molecule has 1 aliphatic rings. The maximum absolute atomic E-state index is 3.70. The van der Waals surface area contributed by atoms with Crippen LogP contribution in [-0.2, 0) is 6.42 Å². The molecule has 1 N–H and O–H groups in total. The van der Waals surface area contributed by atoms with E-state index in [1.54, 1.807) is 0 Å². The molecule has 2 rings (SSSR count). The van der Waals surface area contributed by atoms with Gasteiger partial charge in [-0.25, -0.2) is 0 Å².